The topological polar surface area (TPSA) is 104 Å². The van der Waals surface area contributed by atoms with Gasteiger partial charge in [-0.3, -0.25) is 19.2 Å². The Morgan fingerprint density at radius 1 is 1.00 bits per heavy atom. The number of Topliss-reactive ketones (excluding diaryl/α,β-unsaturated/α-hetero) is 1. The molecule has 172 valence electrons. The molecule has 3 fully saturated rings. The fraction of sp³-hybridized carbons (Fsp3) is 0.600. The van der Waals surface area contributed by atoms with Crippen LogP contribution in [0.4, 0.5) is 0 Å². The van der Waals surface area contributed by atoms with Gasteiger partial charge in [-0.15, -0.1) is 0 Å². The van der Waals surface area contributed by atoms with Crippen LogP contribution in [0.5, 0.6) is 0 Å². The van der Waals surface area contributed by atoms with E-state index in [4.69, 9.17) is 5.11 Å². The molecule has 2 N–H and O–H groups in total. The van der Waals surface area contributed by atoms with Crippen molar-refractivity contribution in [1.82, 2.24) is 10.2 Å². The molecule has 2 aliphatic carbocycles. The standard InChI is InChI=1S/C25H32N2O5/c28-20(29)15-26-23(31)21-22(30)25(13-5-2-6-14-25)27(24(21)32)16-17-9-11-19(12-10-17)18-7-3-1-4-8-18/h1,3-4,7-8,17,19,21H,2,5-6,9-16H2,(H,26,31)(H,28,29). The maximum atomic E-state index is 13.4. The molecule has 0 radical (unpaired) electrons. The smallest absolute Gasteiger partial charge is 0.322 e. The van der Waals surface area contributed by atoms with Crippen LogP contribution in [0.2, 0.25) is 0 Å². The Bertz CT molecular complexity index is 870. The molecule has 4 rings (SSSR count). The predicted octanol–water partition coefficient (Wildman–Crippen LogP) is 2.89. The van der Waals surface area contributed by atoms with Gasteiger partial charge in [0, 0.05) is 6.54 Å². The van der Waals surface area contributed by atoms with Crippen LogP contribution >= 0.6 is 0 Å². The number of carboxylic acids is 1. The molecule has 32 heavy (non-hydrogen) atoms. The Kier molecular flexibility index (Phi) is 6.63. The van der Waals surface area contributed by atoms with Crippen LogP contribution in [0.25, 0.3) is 0 Å². The highest BCUT2D eigenvalue weighted by Gasteiger charge is 2.60. The molecule has 1 aromatic rings. The Morgan fingerprint density at radius 3 is 2.28 bits per heavy atom. The van der Waals surface area contributed by atoms with Gasteiger partial charge in [0.05, 0.1) is 0 Å². The fourth-order valence-corrected chi connectivity index (χ4v) is 5.96. The summed E-state index contributed by atoms with van der Waals surface area (Å²) in [5.41, 5.74) is 0.467. The summed E-state index contributed by atoms with van der Waals surface area (Å²) in [6.07, 6.45) is 8.03. The molecule has 3 aliphatic rings. The summed E-state index contributed by atoms with van der Waals surface area (Å²) in [7, 11) is 0. The number of rotatable bonds is 6. The summed E-state index contributed by atoms with van der Waals surface area (Å²) in [6, 6.07) is 10.5. The zero-order chi connectivity index (χ0) is 22.7. The van der Waals surface area contributed by atoms with Gasteiger partial charge >= 0.3 is 5.97 Å². The number of carboxylic acid groups (broad SMARTS) is 1. The minimum Gasteiger partial charge on any atom is -0.480 e. The van der Waals surface area contributed by atoms with E-state index in [0.29, 0.717) is 31.2 Å². The molecule has 7 nitrogen and oxygen atoms in total. The van der Waals surface area contributed by atoms with E-state index in [1.54, 1.807) is 4.90 Å². The van der Waals surface area contributed by atoms with Crippen LogP contribution in [0.15, 0.2) is 30.3 Å². The molecule has 1 unspecified atom stereocenters. The molecule has 1 aliphatic heterocycles. The van der Waals surface area contributed by atoms with Gasteiger partial charge in [0.15, 0.2) is 11.7 Å². The number of amides is 2. The van der Waals surface area contributed by atoms with Crippen molar-refractivity contribution in [2.24, 2.45) is 11.8 Å². The molecule has 1 spiro atoms. The van der Waals surface area contributed by atoms with Crippen LogP contribution in [-0.2, 0) is 19.2 Å². The molecule has 7 heteroatoms. The Hall–Kier alpha value is -2.70. The second kappa shape index (κ2) is 9.43. The highest BCUT2D eigenvalue weighted by Crippen LogP contribution is 2.44. The van der Waals surface area contributed by atoms with Crippen molar-refractivity contribution in [3.05, 3.63) is 35.9 Å². The van der Waals surface area contributed by atoms with Crippen molar-refractivity contribution in [1.29, 1.82) is 0 Å². The Balaban J connectivity index is 1.47. The summed E-state index contributed by atoms with van der Waals surface area (Å²) in [5.74, 6) is -3.31. The number of ketones is 1. The first-order valence-electron chi connectivity index (χ1n) is 11.8. The van der Waals surface area contributed by atoms with Crippen molar-refractivity contribution in [2.75, 3.05) is 13.1 Å². The minimum absolute atomic E-state index is 0.311. The van der Waals surface area contributed by atoms with E-state index in [1.807, 2.05) is 6.07 Å². The molecule has 1 heterocycles. The lowest BCUT2D eigenvalue weighted by atomic mass is 9.75. The van der Waals surface area contributed by atoms with E-state index >= 15 is 0 Å². The van der Waals surface area contributed by atoms with E-state index in [9.17, 15) is 19.2 Å². The highest BCUT2D eigenvalue weighted by atomic mass is 16.4. The molecular weight excluding hydrogens is 408 g/mol. The molecule has 2 saturated carbocycles. The molecule has 1 aromatic carbocycles. The van der Waals surface area contributed by atoms with Gasteiger partial charge in [0.2, 0.25) is 11.8 Å². The van der Waals surface area contributed by atoms with Crippen molar-refractivity contribution < 1.29 is 24.3 Å². The van der Waals surface area contributed by atoms with Gasteiger partial charge in [-0.05, 0) is 55.9 Å². The number of hydrogen-bond donors (Lipinski definition) is 2. The second-order valence-corrected chi connectivity index (χ2v) is 9.58. The summed E-state index contributed by atoms with van der Waals surface area (Å²) in [4.78, 5) is 51.9. The van der Waals surface area contributed by atoms with Crippen molar-refractivity contribution in [2.45, 2.75) is 69.2 Å². The number of hydrogen-bond acceptors (Lipinski definition) is 4. The van der Waals surface area contributed by atoms with Gasteiger partial charge < -0.3 is 15.3 Å². The SMILES string of the molecule is O=C(O)CNC(=O)C1C(=O)N(CC2CCC(c3ccccc3)CC2)C2(CCCCC2)C1=O. The van der Waals surface area contributed by atoms with Gasteiger partial charge in [-0.1, -0.05) is 49.6 Å². The van der Waals surface area contributed by atoms with E-state index in [0.717, 1.165) is 44.9 Å². The average Bonchev–Trinajstić information content (AvgIpc) is 3.00. The fourth-order valence-electron chi connectivity index (χ4n) is 5.96. The number of carbonyl (C=O) groups excluding carboxylic acids is 3. The maximum Gasteiger partial charge on any atom is 0.322 e. The van der Waals surface area contributed by atoms with Crippen LogP contribution in [0, 0.1) is 11.8 Å². The first-order chi connectivity index (χ1) is 15.4. The number of nitrogens with zero attached hydrogens (tertiary/aromatic N) is 1. The van der Waals surface area contributed by atoms with Crippen LogP contribution < -0.4 is 5.32 Å². The van der Waals surface area contributed by atoms with Crippen LogP contribution in [0.1, 0.15) is 69.3 Å². The van der Waals surface area contributed by atoms with E-state index < -0.39 is 35.8 Å². The minimum atomic E-state index is -1.41. The van der Waals surface area contributed by atoms with Crippen LogP contribution in [-0.4, -0.2) is 52.2 Å². The van der Waals surface area contributed by atoms with Crippen molar-refractivity contribution >= 4 is 23.6 Å². The van der Waals surface area contributed by atoms with Gasteiger partial charge in [-0.25, -0.2) is 0 Å². The lowest BCUT2D eigenvalue weighted by Gasteiger charge is -2.42. The molecular formula is C25H32N2O5. The molecule has 0 aromatic heterocycles. The summed E-state index contributed by atoms with van der Waals surface area (Å²) >= 11 is 0. The molecule has 1 saturated heterocycles. The van der Waals surface area contributed by atoms with E-state index in [-0.39, 0.29) is 5.78 Å². The normalized spacial score (nSPS) is 27.5. The zero-order valence-corrected chi connectivity index (χ0v) is 18.4. The number of benzene rings is 1. The number of carbonyl (C=O) groups is 4. The summed E-state index contributed by atoms with van der Waals surface area (Å²) < 4.78 is 0. The molecule has 2 amide bonds. The Labute approximate surface area is 188 Å². The number of aliphatic carboxylic acids is 1. The van der Waals surface area contributed by atoms with Gasteiger partial charge in [0.25, 0.3) is 0 Å². The van der Waals surface area contributed by atoms with Crippen molar-refractivity contribution in [3.8, 4) is 0 Å². The van der Waals surface area contributed by atoms with Crippen LogP contribution in [0.3, 0.4) is 0 Å². The lowest BCUT2D eigenvalue weighted by Crippen LogP contribution is -2.52. The number of nitrogens with one attached hydrogen (secondary N) is 1. The third-order valence-corrected chi connectivity index (χ3v) is 7.67. The van der Waals surface area contributed by atoms with Gasteiger partial charge in [0.1, 0.15) is 12.1 Å². The van der Waals surface area contributed by atoms with E-state index in [2.05, 4.69) is 29.6 Å². The summed E-state index contributed by atoms with van der Waals surface area (Å²) in [6.45, 7) is -0.0822. The lowest BCUT2D eigenvalue weighted by molar-refractivity contribution is -0.143. The van der Waals surface area contributed by atoms with Gasteiger partial charge in [-0.2, -0.15) is 0 Å². The van der Waals surface area contributed by atoms with Crippen molar-refractivity contribution in [3.63, 3.8) is 0 Å². The maximum absolute atomic E-state index is 13.4. The largest absolute Gasteiger partial charge is 0.480 e. The quantitative estimate of drug-likeness (QED) is 0.662. The third kappa shape index (κ3) is 4.30. The zero-order valence-electron chi connectivity index (χ0n) is 18.4. The average molecular weight is 441 g/mol. The van der Waals surface area contributed by atoms with E-state index in [1.165, 1.54) is 5.56 Å². The highest BCUT2D eigenvalue weighted by molar-refractivity contribution is 6.25. The number of likely N-dealkylation sites (tertiary alicyclic amines) is 1. The second-order valence-electron chi connectivity index (χ2n) is 9.58. The monoisotopic (exact) mass is 440 g/mol. The Morgan fingerprint density at radius 2 is 1.66 bits per heavy atom. The third-order valence-electron chi connectivity index (χ3n) is 7.67. The molecule has 0 bridgehead atoms. The molecule has 1 atom stereocenters. The first kappa shape index (κ1) is 22.5. The summed E-state index contributed by atoms with van der Waals surface area (Å²) in [5, 5.41) is 11.1. The predicted molar refractivity (Wildman–Crippen MR) is 118 cm³/mol. The first-order valence-corrected chi connectivity index (χ1v) is 11.8.